The molecule has 1 rings (SSSR count). The maximum Gasteiger partial charge on any atom is 0.122 e. The Bertz CT molecular complexity index is 345. The molecule has 2 N–H and O–H groups in total. The lowest BCUT2D eigenvalue weighted by atomic mass is 9.97. The van der Waals surface area contributed by atoms with Crippen LogP contribution in [-0.2, 0) is 6.42 Å². The standard InChI is InChI=1S/C12H18ClNO/c1-7-8(2)12(15)10(5-6-14-4)9(3)11(7)13/h14-15H,5-6H2,1-4H3. The molecule has 3 heteroatoms. The average Bonchev–Trinajstić information content (AvgIpc) is 2.24. The van der Waals surface area contributed by atoms with Gasteiger partial charge in [0.05, 0.1) is 0 Å². The number of phenols is 1. The second-order valence-electron chi connectivity index (χ2n) is 3.87. The topological polar surface area (TPSA) is 32.3 Å². The van der Waals surface area contributed by atoms with Gasteiger partial charge in [-0.3, -0.25) is 0 Å². The normalized spacial score (nSPS) is 10.7. The average molecular weight is 228 g/mol. The van der Waals surface area contributed by atoms with E-state index in [4.69, 9.17) is 11.6 Å². The zero-order chi connectivity index (χ0) is 11.6. The number of hydrogen-bond acceptors (Lipinski definition) is 2. The van der Waals surface area contributed by atoms with E-state index in [1.54, 1.807) is 0 Å². The number of phenolic OH excluding ortho intramolecular Hbond substituents is 1. The van der Waals surface area contributed by atoms with Gasteiger partial charge in [-0.25, -0.2) is 0 Å². The van der Waals surface area contributed by atoms with E-state index in [2.05, 4.69) is 5.32 Å². The minimum Gasteiger partial charge on any atom is -0.507 e. The van der Waals surface area contributed by atoms with Gasteiger partial charge in [-0.1, -0.05) is 11.6 Å². The molecular formula is C12H18ClNO. The summed E-state index contributed by atoms with van der Waals surface area (Å²) in [6.07, 6.45) is 0.801. The lowest BCUT2D eigenvalue weighted by molar-refractivity contribution is 0.462. The fourth-order valence-corrected chi connectivity index (χ4v) is 1.97. The van der Waals surface area contributed by atoms with Crippen LogP contribution in [-0.4, -0.2) is 18.7 Å². The lowest BCUT2D eigenvalue weighted by Gasteiger charge is -2.15. The molecule has 0 aliphatic heterocycles. The number of aromatic hydroxyl groups is 1. The molecule has 0 aromatic heterocycles. The van der Waals surface area contributed by atoms with Gasteiger partial charge < -0.3 is 10.4 Å². The van der Waals surface area contributed by atoms with Gasteiger partial charge in [-0.15, -0.1) is 0 Å². The van der Waals surface area contributed by atoms with E-state index >= 15 is 0 Å². The molecular weight excluding hydrogens is 210 g/mol. The van der Waals surface area contributed by atoms with E-state index in [0.29, 0.717) is 5.75 Å². The first-order valence-electron chi connectivity index (χ1n) is 5.12. The molecule has 0 fully saturated rings. The quantitative estimate of drug-likeness (QED) is 0.833. The zero-order valence-electron chi connectivity index (χ0n) is 9.74. The third-order valence-electron chi connectivity index (χ3n) is 2.94. The number of halogens is 1. The molecule has 0 aliphatic carbocycles. The van der Waals surface area contributed by atoms with Crippen LogP contribution >= 0.6 is 11.6 Å². The van der Waals surface area contributed by atoms with Crippen molar-refractivity contribution in [1.82, 2.24) is 5.32 Å². The molecule has 0 saturated heterocycles. The molecule has 1 aromatic carbocycles. The van der Waals surface area contributed by atoms with E-state index in [9.17, 15) is 5.11 Å². The fourth-order valence-electron chi connectivity index (χ4n) is 1.72. The third kappa shape index (κ3) is 2.27. The fraction of sp³-hybridized carbons (Fsp3) is 0.500. The van der Waals surface area contributed by atoms with Crippen molar-refractivity contribution < 1.29 is 5.11 Å². The molecule has 0 radical (unpaired) electrons. The summed E-state index contributed by atoms with van der Waals surface area (Å²) in [5, 5.41) is 13.9. The largest absolute Gasteiger partial charge is 0.507 e. The Morgan fingerprint density at radius 2 is 1.73 bits per heavy atom. The summed E-state index contributed by atoms with van der Waals surface area (Å²) in [6.45, 7) is 6.64. The summed E-state index contributed by atoms with van der Waals surface area (Å²) in [4.78, 5) is 0. The summed E-state index contributed by atoms with van der Waals surface area (Å²) < 4.78 is 0. The first-order valence-corrected chi connectivity index (χ1v) is 5.50. The van der Waals surface area contributed by atoms with Gasteiger partial charge in [0.1, 0.15) is 5.75 Å². The van der Waals surface area contributed by atoms with Crippen molar-refractivity contribution >= 4 is 11.6 Å². The Kier molecular flexibility index (Phi) is 4.00. The molecule has 0 amide bonds. The van der Waals surface area contributed by atoms with Crippen LogP contribution in [0.4, 0.5) is 0 Å². The minimum atomic E-state index is 0.393. The van der Waals surface area contributed by atoms with Crippen molar-refractivity contribution in [1.29, 1.82) is 0 Å². The van der Waals surface area contributed by atoms with Crippen molar-refractivity contribution in [3.63, 3.8) is 0 Å². The molecule has 0 atom stereocenters. The second-order valence-corrected chi connectivity index (χ2v) is 4.25. The lowest BCUT2D eigenvalue weighted by Crippen LogP contribution is -2.12. The van der Waals surface area contributed by atoms with Crippen LogP contribution in [0.5, 0.6) is 5.75 Å². The Labute approximate surface area is 96.3 Å². The van der Waals surface area contributed by atoms with Gasteiger partial charge in [0.15, 0.2) is 0 Å². The van der Waals surface area contributed by atoms with Crippen LogP contribution < -0.4 is 5.32 Å². The van der Waals surface area contributed by atoms with Gasteiger partial charge in [-0.05, 0) is 63.0 Å². The number of benzene rings is 1. The number of rotatable bonds is 3. The SMILES string of the molecule is CNCCc1c(C)c(Cl)c(C)c(C)c1O. The molecule has 0 heterocycles. The van der Waals surface area contributed by atoms with Gasteiger partial charge in [-0.2, -0.15) is 0 Å². The van der Waals surface area contributed by atoms with Gasteiger partial charge in [0.25, 0.3) is 0 Å². The Hall–Kier alpha value is -0.730. The first kappa shape index (κ1) is 12.3. The van der Waals surface area contributed by atoms with E-state index in [1.165, 1.54) is 0 Å². The molecule has 0 bridgehead atoms. The third-order valence-corrected chi connectivity index (χ3v) is 3.51. The predicted octanol–water partition coefficient (Wildman–Crippen LogP) is 2.73. The molecule has 2 nitrogen and oxygen atoms in total. The summed E-state index contributed by atoms with van der Waals surface area (Å²) in [5.41, 5.74) is 3.81. The highest BCUT2D eigenvalue weighted by molar-refractivity contribution is 6.32. The van der Waals surface area contributed by atoms with Crippen molar-refractivity contribution in [2.45, 2.75) is 27.2 Å². The molecule has 84 valence electrons. The maximum atomic E-state index is 10.0. The van der Waals surface area contributed by atoms with Gasteiger partial charge >= 0.3 is 0 Å². The Morgan fingerprint density at radius 3 is 2.27 bits per heavy atom. The second kappa shape index (κ2) is 4.86. The highest BCUT2D eigenvalue weighted by Gasteiger charge is 2.14. The summed E-state index contributed by atoms with van der Waals surface area (Å²) >= 11 is 6.21. The Morgan fingerprint density at radius 1 is 1.13 bits per heavy atom. The van der Waals surface area contributed by atoms with E-state index < -0.39 is 0 Å². The van der Waals surface area contributed by atoms with E-state index in [1.807, 2.05) is 27.8 Å². The van der Waals surface area contributed by atoms with Crippen molar-refractivity contribution in [3.8, 4) is 5.75 Å². The molecule has 0 aliphatic rings. The monoisotopic (exact) mass is 227 g/mol. The number of likely N-dealkylation sites (N-methyl/N-ethyl adjacent to an activating group) is 1. The van der Waals surface area contributed by atoms with Gasteiger partial charge in [0, 0.05) is 5.02 Å². The number of hydrogen-bond donors (Lipinski definition) is 2. The molecule has 0 unspecified atom stereocenters. The highest BCUT2D eigenvalue weighted by Crippen LogP contribution is 2.35. The minimum absolute atomic E-state index is 0.393. The first-order chi connectivity index (χ1) is 7.00. The van der Waals surface area contributed by atoms with E-state index in [0.717, 1.165) is 40.2 Å². The summed E-state index contributed by atoms with van der Waals surface area (Å²) in [5.74, 6) is 0.393. The van der Waals surface area contributed by atoms with Crippen LogP contribution in [0.1, 0.15) is 22.3 Å². The van der Waals surface area contributed by atoms with Crippen LogP contribution in [0.3, 0.4) is 0 Å². The van der Waals surface area contributed by atoms with Crippen molar-refractivity contribution in [2.75, 3.05) is 13.6 Å². The summed E-state index contributed by atoms with van der Waals surface area (Å²) in [7, 11) is 1.90. The smallest absolute Gasteiger partial charge is 0.122 e. The Balaban J connectivity index is 3.26. The van der Waals surface area contributed by atoms with Crippen molar-refractivity contribution in [3.05, 3.63) is 27.3 Å². The molecule has 1 aromatic rings. The maximum absolute atomic E-state index is 10.0. The van der Waals surface area contributed by atoms with Crippen LogP contribution in [0.15, 0.2) is 0 Å². The zero-order valence-corrected chi connectivity index (χ0v) is 10.5. The van der Waals surface area contributed by atoms with Crippen LogP contribution in [0, 0.1) is 20.8 Å². The van der Waals surface area contributed by atoms with Crippen LogP contribution in [0.25, 0.3) is 0 Å². The molecule has 0 saturated carbocycles. The van der Waals surface area contributed by atoms with Crippen molar-refractivity contribution in [2.24, 2.45) is 0 Å². The summed E-state index contributed by atoms with van der Waals surface area (Å²) in [6, 6.07) is 0. The highest BCUT2D eigenvalue weighted by atomic mass is 35.5. The van der Waals surface area contributed by atoms with E-state index in [-0.39, 0.29) is 0 Å². The van der Waals surface area contributed by atoms with Gasteiger partial charge in [0.2, 0.25) is 0 Å². The molecule has 15 heavy (non-hydrogen) atoms. The number of nitrogens with one attached hydrogen (secondary N) is 1. The molecule has 0 spiro atoms. The predicted molar refractivity (Wildman–Crippen MR) is 65.0 cm³/mol. The van der Waals surface area contributed by atoms with Crippen LogP contribution in [0.2, 0.25) is 5.02 Å².